The molecule has 9 nitrogen and oxygen atoms in total. The summed E-state index contributed by atoms with van der Waals surface area (Å²) in [6, 6.07) is -0.416. The molecule has 0 aromatic heterocycles. The Labute approximate surface area is 232 Å². The zero-order valence-corrected chi connectivity index (χ0v) is 26.7. The minimum atomic E-state index is -0.586. The summed E-state index contributed by atoms with van der Waals surface area (Å²) >= 11 is 0. The van der Waals surface area contributed by atoms with Crippen LogP contribution >= 0.6 is 16.3 Å². The van der Waals surface area contributed by atoms with Crippen molar-refractivity contribution in [3.63, 3.8) is 0 Å². The van der Waals surface area contributed by atoms with Gasteiger partial charge in [0.2, 0.25) is 0 Å². The van der Waals surface area contributed by atoms with E-state index in [2.05, 4.69) is 64.9 Å². The molecule has 0 aromatic carbocycles. The molecule has 220 valence electrons. The first-order valence-corrected chi connectivity index (χ1v) is 16.5. The Kier molecular flexibility index (Phi) is 12.2. The van der Waals surface area contributed by atoms with Gasteiger partial charge in [-0.05, 0) is 38.0 Å². The molecule has 0 spiro atoms. The van der Waals surface area contributed by atoms with Gasteiger partial charge in [-0.25, -0.2) is 4.74 Å². The van der Waals surface area contributed by atoms with E-state index in [1.54, 1.807) is 0 Å². The van der Waals surface area contributed by atoms with Gasteiger partial charge in [-0.1, -0.05) is 55.4 Å². The van der Waals surface area contributed by atoms with Gasteiger partial charge in [-0.2, -0.15) is 0 Å². The maximum absolute atomic E-state index is 7.94. The first-order valence-electron chi connectivity index (χ1n) is 14.6. The lowest BCUT2D eigenvalue weighted by molar-refractivity contribution is -0.328. The van der Waals surface area contributed by atoms with Crippen molar-refractivity contribution in [1.29, 1.82) is 10.3 Å². The molecule has 3 saturated heterocycles. The monoisotopic (exact) mass is 574 g/mol. The first kappa shape index (κ1) is 32.1. The van der Waals surface area contributed by atoms with Crippen molar-refractivity contribution in [2.24, 2.45) is 39.1 Å². The fourth-order valence-corrected chi connectivity index (χ4v) is 7.77. The van der Waals surface area contributed by atoms with E-state index in [9.17, 15) is 0 Å². The molecule has 0 bridgehead atoms. The lowest BCUT2D eigenvalue weighted by atomic mass is 9.78. The third-order valence-electron chi connectivity index (χ3n) is 9.51. The van der Waals surface area contributed by atoms with Crippen LogP contribution in [0.25, 0.3) is 0 Å². The van der Waals surface area contributed by atoms with E-state index in [4.69, 9.17) is 34.0 Å². The van der Waals surface area contributed by atoms with Gasteiger partial charge in [0.25, 0.3) is 0 Å². The highest BCUT2D eigenvalue weighted by molar-refractivity contribution is 7.13. The molecule has 3 rings (SSSR count). The largest absolute Gasteiger partial charge is 0.370 e. The van der Waals surface area contributed by atoms with Crippen LogP contribution in [-0.2, 0) is 23.7 Å². The highest BCUT2D eigenvalue weighted by Gasteiger charge is 2.50. The number of nitrogens with zero attached hydrogens (tertiary/aromatic N) is 2. The average molecular weight is 575 g/mol. The minimum absolute atomic E-state index is 0.00361. The first-order chi connectivity index (χ1) is 18.1. The van der Waals surface area contributed by atoms with Crippen LogP contribution in [0.2, 0.25) is 0 Å². The van der Waals surface area contributed by atoms with Gasteiger partial charge >= 0.3 is 0 Å². The molecule has 38 heavy (non-hydrogen) atoms. The summed E-state index contributed by atoms with van der Waals surface area (Å²) in [4.78, 5) is 0. The average Bonchev–Trinajstić information content (AvgIpc) is 2.91. The van der Waals surface area contributed by atoms with Crippen LogP contribution in [0.15, 0.2) is 9.49 Å². The Balaban J connectivity index is 1.84. The fraction of sp³-hybridized carbons (Fsp3) is 1.00. The third kappa shape index (κ3) is 6.73. The lowest BCUT2D eigenvalue weighted by Gasteiger charge is -2.50. The molecule has 3 heterocycles. The number of rotatable bonds is 9. The van der Waals surface area contributed by atoms with Crippen LogP contribution in [0, 0.1) is 39.9 Å². The Morgan fingerprint density at radius 1 is 0.579 bits per heavy atom. The van der Waals surface area contributed by atoms with Gasteiger partial charge in [0, 0.05) is 34.1 Å². The molecule has 3 aliphatic heterocycles. The van der Waals surface area contributed by atoms with E-state index in [1.165, 1.54) is 0 Å². The van der Waals surface area contributed by atoms with Crippen LogP contribution in [0.3, 0.4) is 0 Å². The highest BCUT2D eigenvalue weighted by Crippen LogP contribution is 2.42. The van der Waals surface area contributed by atoms with Crippen molar-refractivity contribution in [2.45, 2.75) is 143 Å². The molecule has 3 aliphatic rings. The molecule has 0 aromatic rings. The number of hydrogen-bond donors (Lipinski definition) is 2. The zero-order chi connectivity index (χ0) is 28.1. The zero-order valence-electron chi connectivity index (χ0n) is 24.7. The van der Waals surface area contributed by atoms with Gasteiger partial charge < -0.3 is 23.7 Å². The maximum atomic E-state index is 7.94. The summed E-state index contributed by atoms with van der Waals surface area (Å²) in [6.45, 7) is 19.5. The second-order valence-corrected chi connectivity index (χ2v) is 12.6. The third-order valence-corrected chi connectivity index (χ3v) is 10.4. The molecule has 0 aliphatic carbocycles. The van der Waals surface area contributed by atoms with Crippen molar-refractivity contribution in [3.8, 4) is 0 Å². The van der Waals surface area contributed by atoms with Crippen molar-refractivity contribution in [1.82, 2.24) is 0 Å². The Hall–Kier alpha value is -0.400. The van der Waals surface area contributed by atoms with E-state index < -0.39 is 6.29 Å². The Bertz CT molecular complexity index is 870. The van der Waals surface area contributed by atoms with Gasteiger partial charge in [0.15, 0.2) is 12.6 Å². The standard InChI is InChI=1S/C27H52N4O5P2/c1-10-19-14(5)13(4)15(6)26(33-19)35-25-17(8)23(31-38-29)27(34-21(25)12-3)36-24-16(7)22(30-37-28)18(9)32-20(24)11-2/h13-29,37-38H,10-12H2,1-9H3/t13-,14-,15?,16+,17?,18-,19?,20?,21?,22?,23?,24-,25-,26?,27-/m0/s1. The molecule has 3 fully saturated rings. The predicted octanol–water partition coefficient (Wildman–Crippen LogP) is 7.39. The molecular weight excluding hydrogens is 522 g/mol. The summed E-state index contributed by atoms with van der Waals surface area (Å²) in [6.07, 6.45) is 1.12. The molecule has 0 saturated carbocycles. The molecule has 10 unspecified atom stereocenters. The van der Waals surface area contributed by atoms with E-state index in [0.29, 0.717) is 11.8 Å². The Morgan fingerprint density at radius 2 is 1.05 bits per heavy atom. The van der Waals surface area contributed by atoms with Crippen LogP contribution in [0.4, 0.5) is 0 Å². The van der Waals surface area contributed by atoms with Gasteiger partial charge in [-0.3, -0.25) is 15.1 Å². The van der Waals surface area contributed by atoms with E-state index in [1.807, 2.05) is 6.92 Å². The van der Waals surface area contributed by atoms with E-state index in [0.717, 1.165) is 19.3 Å². The van der Waals surface area contributed by atoms with Crippen molar-refractivity contribution in [2.75, 3.05) is 0 Å². The quantitative estimate of drug-likeness (QED) is 0.278. The normalized spacial score (nSPS) is 48.2. The molecular formula is C27H52N4O5P2. The molecule has 11 heteroatoms. The van der Waals surface area contributed by atoms with E-state index >= 15 is 0 Å². The molecule has 2 N–H and O–H groups in total. The number of hydrogen-bond acceptors (Lipinski definition) is 9. The van der Waals surface area contributed by atoms with Crippen molar-refractivity contribution < 1.29 is 23.7 Å². The van der Waals surface area contributed by atoms with Gasteiger partial charge in [-0.15, -0.1) is 0 Å². The van der Waals surface area contributed by atoms with Crippen molar-refractivity contribution >= 4 is 16.3 Å². The molecule has 0 radical (unpaired) electrons. The number of ether oxygens (including phenoxy) is 5. The lowest BCUT2D eigenvalue weighted by Crippen LogP contribution is -2.59. The summed E-state index contributed by atoms with van der Waals surface area (Å²) in [5.74, 6) is 1.33. The van der Waals surface area contributed by atoms with E-state index in [-0.39, 0.29) is 89.1 Å². The summed E-state index contributed by atoms with van der Waals surface area (Å²) < 4.78 is 42.2. The SMILES string of the molecule is CCC1O[C@@H](O[C@@H]2C(CC)O[C@@H](C)C(N=[PH]=N)[C@H]2C)C(N=[PH]=N)C(C)[C@@H]1OC1OC(CC)[C@@H](C)[C@H](C)C1C. The predicted molar refractivity (Wildman–Crippen MR) is 153 cm³/mol. The van der Waals surface area contributed by atoms with Crippen LogP contribution < -0.4 is 0 Å². The minimum Gasteiger partial charge on any atom is -0.370 e. The Morgan fingerprint density at radius 3 is 1.61 bits per heavy atom. The smallest absolute Gasteiger partial charge is 0.181 e. The molecule has 0 amide bonds. The second-order valence-electron chi connectivity index (χ2n) is 11.7. The maximum Gasteiger partial charge on any atom is 0.181 e. The van der Waals surface area contributed by atoms with Crippen molar-refractivity contribution in [3.05, 3.63) is 0 Å². The fourth-order valence-electron chi connectivity index (χ4n) is 6.67. The molecule has 17 atom stereocenters. The van der Waals surface area contributed by atoms with Crippen LogP contribution in [-0.4, -0.2) is 61.3 Å². The van der Waals surface area contributed by atoms with Crippen LogP contribution in [0.1, 0.15) is 81.6 Å². The summed E-state index contributed by atoms with van der Waals surface area (Å²) in [7, 11) is -0.554. The topological polar surface area (TPSA) is 119 Å². The second kappa shape index (κ2) is 14.5. The van der Waals surface area contributed by atoms with Gasteiger partial charge in [0.1, 0.15) is 6.04 Å². The van der Waals surface area contributed by atoms with Crippen LogP contribution in [0.5, 0.6) is 0 Å². The summed E-state index contributed by atoms with van der Waals surface area (Å²) in [5.41, 5.74) is 0. The highest BCUT2D eigenvalue weighted by atomic mass is 31.0. The number of nitrogens with one attached hydrogen (secondary N) is 2. The van der Waals surface area contributed by atoms with Gasteiger partial charge in [0.05, 0.1) is 42.7 Å². The summed E-state index contributed by atoms with van der Waals surface area (Å²) in [5, 5.41) is 15.6.